The van der Waals surface area contributed by atoms with Crippen molar-refractivity contribution in [1.82, 2.24) is 9.13 Å². The normalized spacial score (nSPS) is 13.6. The number of anilines is 2. The lowest BCUT2D eigenvalue weighted by Gasteiger charge is -2.32. The molecule has 56 heavy (non-hydrogen) atoms. The summed E-state index contributed by atoms with van der Waals surface area (Å²) in [6, 6.07) is 63.9. The quantitative estimate of drug-likeness (QED) is 0.170. The summed E-state index contributed by atoms with van der Waals surface area (Å²) in [4.78, 5) is 0.257. The minimum atomic E-state index is -4.19. The van der Waals surface area contributed by atoms with Crippen molar-refractivity contribution >= 4 is 86.4 Å². The van der Waals surface area contributed by atoms with Crippen molar-refractivity contribution in [2.45, 2.75) is 4.90 Å². The van der Waals surface area contributed by atoms with Crippen LogP contribution in [0.2, 0.25) is 0 Å². The van der Waals surface area contributed by atoms with Gasteiger partial charge in [-0.3, -0.25) is 0 Å². The maximum Gasteiger partial charge on any atom is 0.269 e. The van der Waals surface area contributed by atoms with Crippen molar-refractivity contribution in [3.8, 4) is 22.6 Å². The fourth-order valence-corrected chi connectivity index (χ4v) is 11.0. The molecule has 0 atom stereocenters. The number of hydrogen-bond donors (Lipinski definition) is 0. The van der Waals surface area contributed by atoms with Crippen LogP contribution in [0.4, 0.5) is 11.4 Å². The van der Waals surface area contributed by atoms with E-state index >= 15 is 8.42 Å². The highest BCUT2D eigenvalue weighted by molar-refractivity contribution is 7.93. The second-order valence-corrected chi connectivity index (χ2v) is 16.3. The van der Waals surface area contributed by atoms with Crippen LogP contribution in [0.5, 0.6) is 0 Å². The van der Waals surface area contributed by atoms with Crippen LogP contribution in [0.15, 0.2) is 193 Å². The minimum Gasteiger partial charge on any atom is -0.309 e. The van der Waals surface area contributed by atoms with Crippen LogP contribution in [-0.2, 0) is 10.0 Å². The molecule has 0 N–H and O–H groups in total. The molecule has 0 unspecified atom stereocenters. The fraction of sp³-hybridized carbons (Fsp3) is 0. The molecule has 9 aromatic carbocycles. The van der Waals surface area contributed by atoms with Crippen LogP contribution in [0.25, 0.3) is 87.7 Å². The number of fused-ring (bicyclic) bond motifs is 14. The molecule has 264 valence electrons. The zero-order valence-electron chi connectivity index (χ0n) is 30.0. The highest BCUT2D eigenvalue weighted by Gasteiger charge is 2.41. The number of aromatic nitrogens is 2. The van der Waals surface area contributed by atoms with Crippen LogP contribution in [-0.4, -0.2) is 17.6 Å². The molecule has 0 bridgehead atoms. The topological polar surface area (TPSA) is 47.2 Å². The fourth-order valence-electron chi connectivity index (χ4n) is 9.29. The van der Waals surface area contributed by atoms with E-state index in [-0.39, 0.29) is 4.90 Å². The first-order chi connectivity index (χ1) is 27.6. The van der Waals surface area contributed by atoms with E-state index in [1.165, 1.54) is 5.39 Å². The molecule has 6 heteroatoms. The van der Waals surface area contributed by atoms with Gasteiger partial charge in [-0.15, -0.1) is 0 Å². The summed E-state index contributed by atoms with van der Waals surface area (Å²) in [6.45, 7) is 0. The largest absolute Gasteiger partial charge is 0.309 e. The summed E-state index contributed by atoms with van der Waals surface area (Å²) in [5.74, 6) is 0. The monoisotopic (exact) mass is 737 g/mol. The average molecular weight is 738 g/mol. The first kappa shape index (κ1) is 31.2. The third kappa shape index (κ3) is 4.16. The standard InChI is InChI=1S/C50H31N3O2S/c54-56(55)48-31-33(51-45-23-11-8-20-40(45)41-21-9-12-24-46(41)51)26-29-43(48)49-50(42-22-10-13-25-47(42)52(49)32-14-2-1-3-15-32)53(56)34-27-28-39-37-18-5-4-16-35(37)36-17-6-7-19-38(36)44(39)30-34/h1-31H. The Kier molecular flexibility index (Phi) is 6.37. The summed E-state index contributed by atoms with van der Waals surface area (Å²) < 4.78 is 37.5. The Morgan fingerprint density at radius 1 is 0.339 bits per heavy atom. The molecular formula is C50H31N3O2S. The molecule has 0 aliphatic carbocycles. The molecule has 0 fully saturated rings. The van der Waals surface area contributed by atoms with Gasteiger partial charge in [0.15, 0.2) is 0 Å². The van der Waals surface area contributed by atoms with Gasteiger partial charge in [-0.1, -0.05) is 127 Å². The van der Waals surface area contributed by atoms with Crippen LogP contribution in [0.1, 0.15) is 0 Å². The van der Waals surface area contributed by atoms with E-state index < -0.39 is 10.0 Å². The molecule has 0 spiro atoms. The van der Waals surface area contributed by atoms with E-state index in [1.54, 1.807) is 4.31 Å². The Hall–Kier alpha value is -7.15. The van der Waals surface area contributed by atoms with Gasteiger partial charge in [-0.25, -0.2) is 12.7 Å². The van der Waals surface area contributed by atoms with Crippen molar-refractivity contribution in [2.75, 3.05) is 4.31 Å². The van der Waals surface area contributed by atoms with Gasteiger partial charge in [0.1, 0.15) is 0 Å². The zero-order valence-corrected chi connectivity index (χ0v) is 30.8. The van der Waals surface area contributed by atoms with Gasteiger partial charge in [-0.05, 0) is 93.0 Å². The van der Waals surface area contributed by atoms with E-state index in [0.717, 1.165) is 76.7 Å². The minimum absolute atomic E-state index is 0.257. The number of benzene rings is 9. The second-order valence-electron chi connectivity index (χ2n) is 14.5. The Labute approximate surface area is 322 Å². The molecule has 1 aliphatic rings. The highest BCUT2D eigenvalue weighted by atomic mass is 32.2. The molecule has 0 saturated heterocycles. The van der Waals surface area contributed by atoms with Gasteiger partial charge in [0.25, 0.3) is 10.0 Å². The van der Waals surface area contributed by atoms with Crippen molar-refractivity contribution < 1.29 is 8.42 Å². The average Bonchev–Trinajstić information content (AvgIpc) is 3.77. The molecule has 11 aromatic rings. The molecule has 0 amide bonds. The Bertz CT molecular complexity index is 3480. The maximum absolute atomic E-state index is 15.7. The molecule has 0 saturated carbocycles. The molecule has 12 rings (SSSR count). The summed E-state index contributed by atoms with van der Waals surface area (Å²) >= 11 is 0. The summed E-state index contributed by atoms with van der Waals surface area (Å²) in [6.07, 6.45) is 0. The summed E-state index contributed by atoms with van der Waals surface area (Å²) in [5, 5.41) is 9.71. The van der Waals surface area contributed by atoms with Crippen LogP contribution < -0.4 is 4.31 Å². The summed E-state index contributed by atoms with van der Waals surface area (Å²) in [7, 11) is -4.19. The van der Waals surface area contributed by atoms with Crippen molar-refractivity contribution in [2.24, 2.45) is 0 Å². The Morgan fingerprint density at radius 3 is 1.41 bits per heavy atom. The van der Waals surface area contributed by atoms with Crippen LogP contribution in [0.3, 0.4) is 0 Å². The van der Waals surface area contributed by atoms with Crippen LogP contribution >= 0.6 is 0 Å². The summed E-state index contributed by atoms with van der Waals surface area (Å²) in [5.41, 5.74) is 7.44. The number of hydrogen-bond acceptors (Lipinski definition) is 2. The third-order valence-electron chi connectivity index (χ3n) is 11.6. The Morgan fingerprint density at radius 2 is 0.804 bits per heavy atom. The maximum atomic E-state index is 15.7. The number of para-hydroxylation sites is 4. The van der Waals surface area contributed by atoms with Gasteiger partial charge in [-0.2, -0.15) is 0 Å². The molecule has 2 aromatic heterocycles. The highest BCUT2D eigenvalue weighted by Crippen LogP contribution is 2.53. The van der Waals surface area contributed by atoms with Gasteiger partial charge in [0.2, 0.25) is 0 Å². The van der Waals surface area contributed by atoms with Gasteiger partial charge < -0.3 is 9.13 Å². The van der Waals surface area contributed by atoms with E-state index in [4.69, 9.17) is 0 Å². The smallest absolute Gasteiger partial charge is 0.269 e. The van der Waals surface area contributed by atoms with Gasteiger partial charge >= 0.3 is 0 Å². The van der Waals surface area contributed by atoms with E-state index in [2.05, 4.69) is 118 Å². The number of sulfonamides is 1. The first-order valence-corrected chi connectivity index (χ1v) is 20.2. The third-order valence-corrected chi connectivity index (χ3v) is 13.4. The molecule has 1 aliphatic heterocycles. The predicted molar refractivity (Wildman–Crippen MR) is 231 cm³/mol. The molecule has 0 radical (unpaired) electrons. The SMILES string of the molecule is O=S1(=O)c2cc(-n3c4ccccc4c4ccccc43)ccc2-c2c(c3ccccc3n2-c2ccccc2)N1c1ccc2c3ccccc3c3ccccc3c2c1. The van der Waals surface area contributed by atoms with Crippen molar-refractivity contribution in [3.05, 3.63) is 188 Å². The molecular weight excluding hydrogens is 707 g/mol. The molecule has 5 nitrogen and oxygen atoms in total. The lowest BCUT2D eigenvalue weighted by Crippen LogP contribution is -2.30. The van der Waals surface area contributed by atoms with E-state index in [9.17, 15) is 0 Å². The predicted octanol–water partition coefficient (Wildman–Crippen LogP) is 12.7. The Balaban J connectivity index is 1.20. The van der Waals surface area contributed by atoms with Gasteiger partial charge in [0.05, 0.1) is 38.5 Å². The zero-order chi connectivity index (χ0) is 37.1. The second kappa shape index (κ2) is 11.4. The van der Waals surface area contributed by atoms with Gasteiger partial charge in [0, 0.05) is 33.1 Å². The first-order valence-electron chi connectivity index (χ1n) is 18.8. The van der Waals surface area contributed by atoms with Crippen molar-refractivity contribution in [1.29, 1.82) is 0 Å². The van der Waals surface area contributed by atoms with E-state index in [1.807, 2.05) is 78.9 Å². The van der Waals surface area contributed by atoms with Crippen molar-refractivity contribution in [3.63, 3.8) is 0 Å². The lowest BCUT2D eigenvalue weighted by molar-refractivity contribution is 0.595. The number of nitrogens with zero attached hydrogens (tertiary/aromatic N) is 3. The molecule has 3 heterocycles. The van der Waals surface area contributed by atoms with E-state index in [0.29, 0.717) is 16.9 Å². The number of rotatable bonds is 3. The lowest BCUT2D eigenvalue weighted by atomic mass is 9.94. The van der Waals surface area contributed by atoms with Crippen LogP contribution in [0, 0.1) is 0 Å².